The summed E-state index contributed by atoms with van der Waals surface area (Å²) in [6.45, 7) is 10.4. The number of pyridine rings is 1. The Morgan fingerprint density at radius 1 is 1.15 bits per heavy atom. The molecule has 6 nitrogen and oxygen atoms in total. The van der Waals surface area contributed by atoms with Gasteiger partial charge in [-0.3, -0.25) is 14.7 Å². The van der Waals surface area contributed by atoms with Crippen LogP contribution in [-0.2, 0) is 17.6 Å². The van der Waals surface area contributed by atoms with Gasteiger partial charge in [0.15, 0.2) is 0 Å². The van der Waals surface area contributed by atoms with E-state index in [1.807, 2.05) is 49.6 Å². The number of carboxylic acids is 1. The summed E-state index contributed by atoms with van der Waals surface area (Å²) < 4.78 is 14.2. The summed E-state index contributed by atoms with van der Waals surface area (Å²) in [4.78, 5) is 27.7. The third kappa shape index (κ3) is 6.61. The molecule has 3 aromatic rings. The highest BCUT2D eigenvalue weighted by atomic mass is 32.1. The summed E-state index contributed by atoms with van der Waals surface area (Å²) in [6.07, 6.45) is 5.77. The zero-order valence-corrected chi connectivity index (χ0v) is 24.6. The molecule has 0 saturated carbocycles. The van der Waals surface area contributed by atoms with Gasteiger partial charge in [-0.05, 0) is 79.9 Å². The maximum atomic E-state index is 14.2. The number of hydrogen-bond donors (Lipinski definition) is 1. The van der Waals surface area contributed by atoms with Crippen molar-refractivity contribution in [3.8, 4) is 0 Å². The third-order valence-electron chi connectivity index (χ3n) is 8.64. The SMILES string of the molecule is CCc1nc(Cc2ccccn2)sc1C1CCN(C[C@H]2CN([C@@H](C(=O)O)C(C)C)C[C@@H]2c2cccc(F)c2)CC1. The molecule has 214 valence electrons. The van der Waals surface area contributed by atoms with Gasteiger partial charge in [0.25, 0.3) is 0 Å². The number of hydrogen-bond acceptors (Lipinski definition) is 6. The Kier molecular flexibility index (Phi) is 9.28. The molecule has 4 heterocycles. The lowest BCUT2D eigenvalue weighted by Gasteiger charge is -2.34. The standard InChI is InChI=1S/C32H41FN4O2S/c1-4-28-31(40-29(35-28)17-26-10-5-6-13-34-26)22-11-14-36(15-12-22)18-24-19-37(30(21(2)3)32(38)39)20-27(24)23-8-7-9-25(33)16-23/h5-10,13,16,21-22,24,27,30H,4,11-12,14-15,17-20H2,1-3H3,(H,38,39)/t24-,27+,30+/m0/s1. The molecule has 40 heavy (non-hydrogen) atoms. The molecule has 2 aromatic heterocycles. The molecular weight excluding hydrogens is 523 g/mol. The highest BCUT2D eigenvalue weighted by Gasteiger charge is 2.41. The number of benzene rings is 1. The first-order valence-corrected chi connectivity index (χ1v) is 15.5. The summed E-state index contributed by atoms with van der Waals surface area (Å²) in [5, 5.41) is 11.1. The van der Waals surface area contributed by atoms with Gasteiger partial charge in [0, 0.05) is 48.7 Å². The fraction of sp³-hybridized carbons (Fsp3) is 0.531. The number of nitrogens with zero attached hydrogens (tertiary/aromatic N) is 4. The Morgan fingerprint density at radius 3 is 2.60 bits per heavy atom. The van der Waals surface area contributed by atoms with E-state index in [4.69, 9.17) is 4.98 Å². The smallest absolute Gasteiger partial charge is 0.321 e. The molecule has 0 unspecified atom stereocenters. The van der Waals surface area contributed by atoms with Crippen molar-refractivity contribution in [1.29, 1.82) is 0 Å². The van der Waals surface area contributed by atoms with Crippen LogP contribution in [0.25, 0.3) is 0 Å². The lowest BCUT2D eigenvalue weighted by atomic mass is 9.87. The normalized spacial score (nSPS) is 21.7. The van der Waals surface area contributed by atoms with Crippen LogP contribution >= 0.6 is 11.3 Å². The molecule has 1 N–H and O–H groups in total. The van der Waals surface area contributed by atoms with E-state index in [1.54, 1.807) is 12.1 Å². The van der Waals surface area contributed by atoms with Crippen LogP contribution in [0.15, 0.2) is 48.7 Å². The minimum absolute atomic E-state index is 0.00915. The minimum Gasteiger partial charge on any atom is -0.480 e. The lowest BCUT2D eigenvalue weighted by Crippen LogP contribution is -2.44. The largest absolute Gasteiger partial charge is 0.480 e. The first kappa shape index (κ1) is 28.8. The van der Waals surface area contributed by atoms with Crippen molar-refractivity contribution in [3.63, 3.8) is 0 Å². The average Bonchev–Trinajstić information content (AvgIpc) is 3.53. The van der Waals surface area contributed by atoms with E-state index in [0.29, 0.717) is 12.5 Å². The molecule has 2 fully saturated rings. The van der Waals surface area contributed by atoms with Gasteiger partial charge < -0.3 is 10.0 Å². The highest BCUT2D eigenvalue weighted by molar-refractivity contribution is 7.11. The van der Waals surface area contributed by atoms with E-state index in [9.17, 15) is 14.3 Å². The second-order valence-electron chi connectivity index (χ2n) is 11.7. The number of piperidine rings is 1. The van der Waals surface area contributed by atoms with Crippen LogP contribution in [0.4, 0.5) is 4.39 Å². The van der Waals surface area contributed by atoms with Gasteiger partial charge >= 0.3 is 5.97 Å². The van der Waals surface area contributed by atoms with Gasteiger partial charge in [-0.25, -0.2) is 9.37 Å². The Balaban J connectivity index is 1.26. The Labute approximate surface area is 241 Å². The maximum absolute atomic E-state index is 14.2. The monoisotopic (exact) mass is 564 g/mol. The topological polar surface area (TPSA) is 69.6 Å². The summed E-state index contributed by atoms with van der Waals surface area (Å²) in [7, 11) is 0. The molecule has 0 aliphatic carbocycles. The van der Waals surface area contributed by atoms with Crippen LogP contribution in [0, 0.1) is 17.7 Å². The number of aliphatic carboxylic acids is 1. The van der Waals surface area contributed by atoms with Crippen molar-refractivity contribution in [3.05, 3.63) is 81.3 Å². The van der Waals surface area contributed by atoms with Gasteiger partial charge in [-0.15, -0.1) is 11.3 Å². The quantitative estimate of drug-likeness (QED) is 0.334. The third-order valence-corrected chi connectivity index (χ3v) is 9.90. The van der Waals surface area contributed by atoms with Crippen LogP contribution in [0.3, 0.4) is 0 Å². The predicted molar refractivity (Wildman–Crippen MR) is 157 cm³/mol. The molecule has 0 spiro atoms. The number of carbonyl (C=O) groups is 1. The van der Waals surface area contributed by atoms with E-state index >= 15 is 0 Å². The molecule has 2 saturated heterocycles. The number of carboxylic acid groups (broad SMARTS) is 1. The molecule has 8 heteroatoms. The predicted octanol–water partition coefficient (Wildman–Crippen LogP) is 5.83. The first-order valence-electron chi connectivity index (χ1n) is 14.6. The van der Waals surface area contributed by atoms with Crippen LogP contribution in [0.1, 0.15) is 72.3 Å². The summed E-state index contributed by atoms with van der Waals surface area (Å²) >= 11 is 1.86. The van der Waals surface area contributed by atoms with Crippen molar-refractivity contribution in [2.75, 3.05) is 32.7 Å². The molecule has 2 aliphatic rings. The van der Waals surface area contributed by atoms with Crippen LogP contribution in [0.5, 0.6) is 0 Å². The lowest BCUT2D eigenvalue weighted by molar-refractivity contribution is -0.144. The Bertz CT molecular complexity index is 1270. The van der Waals surface area contributed by atoms with Crippen LogP contribution in [0.2, 0.25) is 0 Å². The fourth-order valence-electron chi connectivity index (χ4n) is 6.72. The van der Waals surface area contributed by atoms with Crippen molar-refractivity contribution >= 4 is 17.3 Å². The van der Waals surface area contributed by atoms with Gasteiger partial charge in [0.2, 0.25) is 0 Å². The second-order valence-corrected chi connectivity index (χ2v) is 12.9. The Morgan fingerprint density at radius 2 is 1.95 bits per heavy atom. The van der Waals surface area contributed by atoms with Crippen LogP contribution < -0.4 is 0 Å². The molecule has 0 amide bonds. The van der Waals surface area contributed by atoms with Crippen LogP contribution in [-0.4, -0.2) is 69.6 Å². The van der Waals surface area contributed by atoms with E-state index in [2.05, 4.69) is 27.8 Å². The van der Waals surface area contributed by atoms with Crippen molar-refractivity contribution in [1.82, 2.24) is 19.8 Å². The van der Waals surface area contributed by atoms with Crippen molar-refractivity contribution in [2.45, 2.75) is 64.3 Å². The van der Waals surface area contributed by atoms with E-state index in [0.717, 1.165) is 68.1 Å². The Hall–Kier alpha value is -2.68. The van der Waals surface area contributed by atoms with Crippen molar-refractivity contribution < 1.29 is 14.3 Å². The molecule has 3 atom stereocenters. The first-order chi connectivity index (χ1) is 19.3. The van der Waals surface area contributed by atoms with E-state index < -0.39 is 12.0 Å². The number of rotatable bonds is 10. The highest BCUT2D eigenvalue weighted by Crippen LogP contribution is 2.39. The molecule has 1 aromatic carbocycles. The zero-order valence-electron chi connectivity index (χ0n) is 23.8. The maximum Gasteiger partial charge on any atom is 0.321 e. The van der Waals surface area contributed by atoms with E-state index in [1.165, 1.54) is 16.6 Å². The van der Waals surface area contributed by atoms with Gasteiger partial charge in [-0.2, -0.15) is 0 Å². The molecule has 2 aliphatic heterocycles. The summed E-state index contributed by atoms with van der Waals surface area (Å²) in [6, 6.07) is 12.4. The summed E-state index contributed by atoms with van der Waals surface area (Å²) in [5.41, 5.74) is 3.27. The number of aromatic nitrogens is 2. The fourth-order valence-corrected chi connectivity index (χ4v) is 8.06. The van der Waals surface area contributed by atoms with Gasteiger partial charge in [0.1, 0.15) is 11.9 Å². The average molecular weight is 565 g/mol. The number of likely N-dealkylation sites (tertiary alicyclic amines) is 2. The molecule has 0 radical (unpaired) electrons. The zero-order chi connectivity index (χ0) is 28.2. The summed E-state index contributed by atoms with van der Waals surface area (Å²) in [5.74, 6) is -0.0802. The molecular formula is C32H41FN4O2S. The number of aryl methyl sites for hydroxylation is 1. The number of halogens is 1. The van der Waals surface area contributed by atoms with Gasteiger partial charge in [-0.1, -0.05) is 39.0 Å². The van der Waals surface area contributed by atoms with Gasteiger partial charge in [0.05, 0.1) is 10.7 Å². The minimum atomic E-state index is -0.770. The second kappa shape index (κ2) is 12.9. The van der Waals surface area contributed by atoms with E-state index in [-0.39, 0.29) is 23.6 Å². The number of thiazole rings is 1. The van der Waals surface area contributed by atoms with Crippen molar-refractivity contribution in [2.24, 2.45) is 11.8 Å². The molecule has 5 rings (SSSR count). The molecule has 0 bridgehead atoms.